The Balaban J connectivity index is 2.04. The molecule has 0 bridgehead atoms. The molecule has 0 aromatic carbocycles. The first-order chi connectivity index (χ1) is 9.74. The average molecular weight is 271 g/mol. The molecule has 0 aliphatic carbocycles. The van der Waals surface area contributed by atoms with Gasteiger partial charge in [-0.2, -0.15) is 0 Å². The summed E-state index contributed by atoms with van der Waals surface area (Å²) in [6, 6.07) is 4.25. The summed E-state index contributed by atoms with van der Waals surface area (Å²) in [5, 5.41) is 1.68. The molecule has 106 valence electrons. The van der Waals surface area contributed by atoms with Crippen LogP contribution in [0.4, 0.5) is 5.82 Å². The fourth-order valence-corrected chi connectivity index (χ4v) is 2.74. The number of hydrogen-bond donors (Lipinski definition) is 2. The molecular weight excluding hydrogens is 250 g/mol. The van der Waals surface area contributed by atoms with Crippen LogP contribution in [0.3, 0.4) is 0 Å². The molecule has 5 heteroatoms. The molecule has 0 unspecified atom stereocenters. The number of allylic oxidation sites excluding steroid dienone is 1. The third kappa shape index (κ3) is 2.67. The molecule has 1 aromatic rings. The molecule has 1 fully saturated rings. The van der Waals surface area contributed by atoms with Crippen LogP contribution in [-0.4, -0.2) is 24.1 Å². The van der Waals surface area contributed by atoms with E-state index < -0.39 is 0 Å². The van der Waals surface area contributed by atoms with Gasteiger partial charge in [-0.3, -0.25) is 4.99 Å². The van der Waals surface area contributed by atoms with E-state index in [1.54, 1.807) is 0 Å². The largest absolute Gasteiger partial charge is 0.400 e. The van der Waals surface area contributed by atoms with Crippen molar-refractivity contribution in [2.45, 2.75) is 31.7 Å². The topological polar surface area (TPSA) is 80.5 Å². The Bertz CT molecular complexity index is 634. The molecule has 0 radical (unpaired) electrons. The summed E-state index contributed by atoms with van der Waals surface area (Å²) >= 11 is 0. The standard InChI is InChI=1S/C15H21N5/c16-11-4-3-9-20(10-11)14-7-6-13-15(19-14)12(17)5-1-2-8-18-13/h2,6-8,11H,1,3-5,9-10,16-17H2/b8-2-,15-12-,18-13-/t11-/m0/s1. The minimum Gasteiger partial charge on any atom is -0.400 e. The van der Waals surface area contributed by atoms with Gasteiger partial charge >= 0.3 is 0 Å². The molecule has 0 spiro atoms. The van der Waals surface area contributed by atoms with Crippen molar-refractivity contribution in [3.05, 3.63) is 35.1 Å². The molecule has 3 rings (SSSR count). The van der Waals surface area contributed by atoms with E-state index in [0.717, 1.165) is 61.0 Å². The van der Waals surface area contributed by atoms with Crippen molar-refractivity contribution in [2.75, 3.05) is 18.0 Å². The van der Waals surface area contributed by atoms with Crippen LogP contribution in [0.15, 0.2) is 29.4 Å². The second-order valence-corrected chi connectivity index (χ2v) is 5.46. The number of piperidine rings is 1. The molecular formula is C15H21N5. The van der Waals surface area contributed by atoms with Crippen LogP contribution in [0.2, 0.25) is 0 Å². The summed E-state index contributed by atoms with van der Waals surface area (Å²) in [6.45, 7) is 1.87. The highest BCUT2D eigenvalue weighted by Gasteiger charge is 2.18. The summed E-state index contributed by atoms with van der Waals surface area (Å²) in [5.41, 5.74) is 13.0. The Kier molecular flexibility index (Phi) is 3.69. The number of hydrogen-bond acceptors (Lipinski definition) is 5. The van der Waals surface area contributed by atoms with Gasteiger partial charge in [-0.1, -0.05) is 6.08 Å². The minimum absolute atomic E-state index is 0.238. The van der Waals surface area contributed by atoms with E-state index in [1.807, 2.05) is 24.4 Å². The third-order valence-electron chi connectivity index (χ3n) is 3.84. The van der Waals surface area contributed by atoms with Crippen LogP contribution in [0, 0.1) is 0 Å². The average Bonchev–Trinajstić information content (AvgIpc) is 2.44. The first-order valence-electron chi connectivity index (χ1n) is 7.23. The van der Waals surface area contributed by atoms with E-state index in [0.29, 0.717) is 0 Å². The Labute approximate surface area is 118 Å². The molecule has 1 saturated heterocycles. The smallest absolute Gasteiger partial charge is 0.129 e. The molecule has 1 atom stereocenters. The number of nitrogens with zero attached hydrogens (tertiary/aromatic N) is 3. The van der Waals surface area contributed by atoms with E-state index in [1.165, 1.54) is 0 Å². The predicted molar refractivity (Wildman–Crippen MR) is 80.4 cm³/mol. The lowest BCUT2D eigenvalue weighted by Crippen LogP contribution is -2.44. The van der Waals surface area contributed by atoms with Gasteiger partial charge in [0.05, 0.1) is 5.36 Å². The minimum atomic E-state index is 0.238. The van der Waals surface area contributed by atoms with E-state index in [4.69, 9.17) is 16.5 Å². The zero-order valence-electron chi connectivity index (χ0n) is 11.6. The number of fused-ring (bicyclic) bond motifs is 1. The molecule has 0 amide bonds. The number of anilines is 1. The lowest BCUT2D eigenvalue weighted by atomic mass is 10.1. The van der Waals surface area contributed by atoms with E-state index in [-0.39, 0.29) is 6.04 Å². The van der Waals surface area contributed by atoms with Crippen molar-refractivity contribution in [3.8, 4) is 0 Å². The van der Waals surface area contributed by atoms with Gasteiger partial charge in [0.2, 0.25) is 0 Å². The molecule has 20 heavy (non-hydrogen) atoms. The Morgan fingerprint density at radius 2 is 2.20 bits per heavy atom. The predicted octanol–water partition coefficient (Wildman–Crippen LogP) is 0.00310. The van der Waals surface area contributed by atoms with Gasteiger partial charge in [0.25, 0.3) is 0 Å². The summed E-state index contributed by atoms with van der Waals surface area (Å²) in [5.74, 6) is 0.960. The van der Waals surface area contributed by atoms with E-state index in [9.17, 15) is 0 Å². The fraction of sp³-hybridized carbons (Fsp3) is 0.467. The van der Waals surface area contributed by atoms with Crippen LogP contribution in [0.25, 0.3) is 5.70 Å². The molecule has 2 aliphatic rings. The second-order valence-electron chi connectivity index (χ2n) is 5.46. The molecule has 2 aliphatic heterocycles. The van der Waals surface area contributed by atoms with Gasteiger partial charge < -0.3 is 16.4 Å². The highest BCUT2D eigenvalue weighted by Crippen LogP contribution is 2.15. The van der Waals surface area contributed by atoms with Crippen molar-refractivity contribution >= 4 is 11.5 Å². The van der Waals surface area contributed by atoms with Gasteiger partial charge in [-0.15, -0.1) is 0 Å². The van der Waals surface area contributed by atoms with Crippen molar-refractivity contribution in [2.24, 2.45) is 16.5 Å². The number of pyridine rings is 1. The summed E-state index contributed by atoms with van der Waals surface area (Å²) < 4.78 is 0. The molecule has 1 aromatic heterocycles. The monoisotopic (exact) mass is 271 g/mol. The first-order valence-corrected chi connectivity index (χ1v) is 7.23. The maximum Gasteiger partial charge on any atom is 0.129 e. The quantitative estimate of drug-likeness (QED) is 0.753. The van der Waals surface area contributed by atoms with E-state index >= 15 is 0 Å². The molecule has 4 N–H and O–H groups in total. The molecule has 0 saturated carbocycles. The normalized spacial score (nSPS) is 28.8. The van der Waals surface area contributed by atoms with Crippen molar-refractivity contribution in [3.63, 3.8) is 0 Å². The summed E-state index contributed by atoms with van der Waals surface area (Å²) in [6.07, 6.45) is 7.82. The molecule has 5 nitrogen and oxygen atoms in total. The summed E-state index contributed by atoms with van der Waals surface area (Å²) in [4.78, 5) is 11.4. The van der Waals surface area contributed by atoms with Gasteiger partial charge in [-0.05, 0) is 37.8 Å². The van der Waals surface area contributed by atoms with Gasteiger partial charge in [0, 0.05) is 31.0 Å². The first kappa shape index (κ1) is 13.1. The zero-order valence-corrected chi connectivity index (χ0v) is 11.6. The Hall–Kier alpha value is -1.88. The number of nitrogens with two attached hydrogens (primary N) is 2. The fourth-order valence-electron chi connectivity index (χ4n) is 2.74. The maximum absolute atomic E-state index is 6.16. The highest BCUT2D eigenvalue weighted by molar-refractivity contribution is 5.44. The summed E-state index contributed by atoms with van der Waals surface area (Å²) in [7, 11) is 0. The lowest BCUT2D eigenvalue weighted by Gasteiger charge is -2.31. The highest BCUT2D eigenvalue weighted by atomic mass is 15.2. The number of aromatic nitrogens is 1. The number of rotatable bonds is 1. The zero-order chi connectivity index (χ0) is 13.9. The van der Waals surface area contributed by atoms with Crippen LogP contribution < -0.4 is 27.1 Å². The van der Waals surface area contributed by atoms with Gasteiger partial charge in [-0.25, -0.2) is 4.98 Å². The third-order valence-corrected chi connectivity index (χ3v) is 3.84. The Morgan fingerprint density at radius 1 is 1.30 bits per heavy atom. The molecule has 3 heterocycles. The SMILES string of the molecule is N\C1=c2/nc(N3CCC[C@H](N)C3)cc/c2=N/C=C\CC1. The Morgan fingerprint density at radius 3 is 3.05 bits per heavy atom. The van der Waals surface area contributed by atoms with Crippen molar-refractivity contribution < 1.29 is 0 Å². The van der Waals surface area contributed by atoms with Crippen LogP contribution in [0.5, 0.6) is 0 Å². The van der Waals surface area contributed by atoms with Crippen molar-refractivity contribution in [1.29, 1.82) is 0 Å². The van der Waals surface area contributed by atoms with Crippen LogP contribution >= 0.6 is 0 Å². The maximum atomic E-state index is 6.16. The second kappa shape index (κ2) is 5.63. The van der Waals surface area contributed by atoms with Crippen LogP contribution in [0.1, 0.15) is 25.7 Å². The van der Waals surface area contributed by atoms with Crippen molar-refractivity contribution in [1.82, 2.24) is 4.98 Å². The van der Waals surface area contributed by atoms with Crippen LogP contribution in [-0.2, 0) is 0 Å². The van der Waals surface area contributed by atoms with Gasteiger partial charge in [0.1, 0.15) is 11.2 Å². The van der Waals surface area contributed by atoms with E-state index in [2.05, 4.69) is 9.89 Å². The van der Waals surface area contributed by atoms with Gasteiger partial charge in [0.15, 0.2) is 0 Å². The lowest BCUT2D eigenvalue weighted by molar-refractivity contribution is 0.503.